The number of aromatic nitrogens is 2. The molecule has 0 saturated heterocycles. The number of hydrogen-bond donors (Lipinski definition) is 2. The van der Waals surface area contributed by atoms with Crippen molar-refractivity contribution in [3.8, 4) is 28.5 Å². The lowest BCUT2D eigenvalue weighted by Gasteiger charge is -2.13. The molecule has 0 radical (unpaired) electrons. The first kappa shape index (κ1) is 28.0. The molecule has 0 atom stereocenters. The number of pyridine rings is 1. The van der Waals surface area contributed by atoms with Crippen molar-refractivity contribution in [2.24, 2.45) is 0 Å². The molecule has 0 bridgehead atoms. The Morgan fingerprint density at radius 2 is 1.76 bits per heavy atom. The fourth-order valence-corrected chi connectivity index (χ4v) is 6.46. The van der Waals surface area contributed by atoms with Gasteiger partial charge in [-0.15, -0.1) is 11.3 Å². The maximum absolute atomic E-state index is 14.1. The summed E-state index contributed by atoms with van der Waals surface area (Å²) >= 11 is 2.24. The van der Waals surface area contributed by atoms with Crippen LogP contribution in [0.5, 0.6) is 0 Å². The molecule has 0 aliphatic carbocycles. The van der Waals surface area contributed by atoms with Gasteiger partial charge in [-0.05, 0) is 48.0 Å². The Morgan fingerprint density at radius 1 is 1.00 bits per heavy atom. The number of benzene rings is 3. The molecule has 8 nitrogen and oxygen atoms in total. The number of sulfonamides is 1. The van der Waals surface area contributed by atoms with Crippen molar-refractivity contribution in [2.45, 2.75) is 9.92 Å². The highest BCUT2D eigenvalue weighted by atomic mass is 32.2. The molecule has 2 heterocycles. The highest BCUT2D eigenvalue weighted by Crippen LogP contribution is 2.34. The maximum atomic E-state index is 14.1. The number of nitriles is 1. The fourth-order valence-electron chi connectivity index (χ4n) is 3.87. The normalized spacial score (nSPS) is 11.0. The molecular formula is C29H20FN5O3S3. The van der Waals surface area contributed by atoms with Crippen LogP contribution in [0, 0.1) is 17.1 Å². The topological polar surface area (TPSA) is 125 Å². The van der Waals surface area contributed by atoms with Gasteiger partial charge in [0.05, 0.1) is 21.9 Å². The SMILES string of the molecule is N#Cc1c(-c2cccc(F)c2)cc(-c2ccccc2)nc1SCC(=O)Nc1ccc(S(=O)(=O)Nc2nccs2)cc1. The molecule has 2 N–H and O–H groups in total. The summed E-state index contributed by atoms with van der Waals surface area (Å²) in [5, 5.41) is 15.0. The Labute approximate surface area is 244 Å². The predicted octanol–water partition coefficient (Wildman–Crippen LogP) is 6.41. The third-order valence-corrected chi connectivity index (χ3v) is 8.89. The summed E-state index contributed by atoms with van der Waals surface area (Å²) in [6, 6.07) is 24.9. The summed E-state index contributed by atoms with van der Waals surface area (Å²) in [4.78, 5) is 21.4. The highest BCUT2D eigenvalue weighted by Gasteiger charge is 2.18. The quantitative estimate of drug-likeness (QED) is 0.187. The van der Waals surface area contributed by atoms with Crippen molar-refractivity contribution >= 4 is 49.8 Å². The van der Waals surface area contributed by atoms with Crippen LogP contribution in [-0.4, -0.2) is 30.0 Å². The van der Waals surface area contributed by atoms with Gasteiger partial charge in [-0.25, -0.2) is 22.8 Å². The van der Waals surface area contributed by atoms with E-state index in [2.05, 4.69) is 26.1 Å². The van der Waals surface area contributed by atoms with E-state index in [9.17, 15) is 22.9 Å². The number of anilines is 2. The summed E-state index contributed by atoms with van der Waals surface area (Å²) in [6.45, 7) is 0. The van der Waals surface area contributed by atoms with Crippen molar-refractivity contribution < 1.29 is 17.6 Å². The third-order valence-electron chi connectivity index (χ3n) is 5.75. The molecule has 0 aliphatic heterocycles. The first-order valence-electron chi connectivity index (χ1n) is 12.0. The first-order valence-corrected chi connectivity index (χ1v) is 15.4. The second kappa shape index (κ2) is 12.3. The van der Waals surface area contributed by atoms with Gasteiger partial charge >= 0.3 is 0 Å². The number of thiazole rings is 1. The number of nitrogens with one attached hydrogen (secondary N) is 2. The zero-order valence-electron chi connectivity index (χ0n) is 21.1. The second-order valence-electron chi connectivity index (χ2n) is 8.53. The Hall–Kier alpha value is -4.57. The molecule has 1 amide bonds. The minimum absolute atomic E-state index is 0.0190. The molecule has 0 saturated carbocycles. The van der Waals surface area contributed by atoms with Crippen molar-refractivity contribution in [1.82, 2.24) is 9.97 Å². The number of carbonyl (C=O) groups is 1. The molecule has 204 valence electrons. The predicted molar refractivity (Wildman–Crippen MR) is 159 cm³/mol. The Kier molecular flexibility index (Phi) is 8.39. The van der Waals surface area contributed by atoms with Crippen molar-refractivity contribution in [2.75, 3.05) is 15.8 Å². The van der Waals surface area contributed by atoms with Crippen LogP contribution in [0.25, 0.3) is 22.4 Å². The smallest absolute Gasteiger partial charge is 0.263 e. The van der Waals surface area contributed by atoms with Crippen LogP contribution in [0.1, 0.15) is 5.56 Å². The fraction of sp³-hybridized carbons (Fsp3) is 0.0345. The number of amides is 1. The van der Waals surface area contributed by atoms with Gasteiger partial charge < -0.3 is 5.32 Å². The Bertz CT molecular complexity index is 1840. The Morgan fingerprint density at radius 3 is 2.44 bits per heavy atom. The zero-order chi connectivity index (χ0) is 28.8. The van der Waals surface area contributed by atoms with Gasteiger partial charge in [0.25, 0.3) is 10.0 Å². The van der Waals surface area contributed by atoms with Gasteiger partial charge in [-0.1, -0.05) is 54.2 Å². The summed E-state index contributed by atoms with van der Waals surface area (Å²) in [7, 11) is -3.82. The van der Waals surface area contributed by atoms with E-state index in [4.69, 9.17) is 0 Å². The van der Waals surface area contributed by atoms with E-state index in [-0.39, 0.29) is 27.3 Å². The number of nitrogens with zero attached hydrogens (tertiary/aromatic N) is 3. The van der Waals surface area contributed by atoms with Crippen molar-refractivity contribution in [3.05, 3.63) is 108 Å². The lowest BCUT2D eigenvalue weighted by atomic mass is 9.99. The maximum Gasteiger partial charge on any atom is 0.263 e. The first-order chi connectivity index (χ1) is 19.8. The number of carbonyl (C=O) groups excluding carboxylic acids is 1. The molecule has 0 aliphatic rings. The van der Waals surface area contributed by atoms with Gasteiger partial charge in [0.15, 0.2) is 5.13 Å². The van der Waals surface area contributed by atoms with Gasteiger partial charge in [-0.2, -0.15) is 5.26 Å². The molecule has 5 rings (SSSR count). The van der Waals surface area contributed by atoms with Crippen LogP contribution in [0.15, 0.2) is 106 Å². The molecule has 12 heteroatoms. The van der Waals surface area contributed by atoms with Crippen LogP contribution in [-0.2, 0) is 14.8 Å². The van der Waals surface area contributed by atoms with E-state index >= 15 is 0 Å². The van der Waals surface area contributed by atoms with Crippen LogP contribution in [0.2, 0.25) is 0 Å². The minimum Gasteiger partial charge on any atom is -0.325 e. The highest BCUT2D eigenvalue weighted by molar-refractivity contribution is 8.00. The number of rotatable bonds is 9. The van der Waals surface area contributed by atoms with Crippen LogP contribution in [0.3, 0.4) is 0 Å². The molecule has 0 fully saturated rings. The van der Waals surface area contributed by atoms with Gasteiger partial charge in [0.1, 0.15) is 16.9 Å². The molecular weight excluding hydrogens is 582 g/mol. The average molecular weight is 602 g/mol. The van der Waals surface area contributed by atoms with Crippen LogP contribution in [0.4, 0.5) is 15.2 Å². The van der Waals surface area contributed by atoms with E-state index in [0.29, 0.717) is 27.5 Å². The Balaban J connectivity index is 1.35. The van der Waals surface area contributed by atoms with Gasteiger partial charge in [-0.3, -0.25) is 9.52 Å². The number of halogens is 1. The van der Waals surface area contributed by atoms with Crippen LogP contribution >= 0.6 is 23.1 Å². The van der Waals surface area contributed by atoms with Crippen molar-refractivity contribution in [1.29, 1.82) is 5.26 Å². The third kappa shape index (κ3) is 6.78. The summed E-state index contributed by atoms with van der Waals surface area (Å²) in [6.07, 6.45) is 1.49. The van der Waals surface area contributed by atoms with Crippen molar-refractivity contribution in [3.63, 3.8) is 0 Å². The van der Waals surface area contributed by atoms with E-state index in [1.807, 2.05) is 30.3 Å². The molecule has 41 heavy (non-hydrogen) atoms. The van der Waals surface area contributed by atoms with E-state index in [1.165, 1.54) is 42.6 Å². The molecule has 3 aromatic carbocycles. The standard InChI is InChI=1S/C29H20FN5O3S3/c30-21-8-4-7-20(15-21)24-16-26(19-5-2-1-3-6-19)34-28(25(24)17-31)40-18-27(36)33-22-9-11-23(12-10-22)41(37,38)35-29-32-13-14-39-29/h1-16H,18H2,(H,32,35)(H,33,36). The molecule has 5 aromatic rings. The number of thioether (sulfide) groups is 1. The largest absolute Gasteiger partial charge is 0.325 e. The number of hydrogen-bond acceptors (Lipinski definition) is 8. The minimum atomic E-state index is -3.82. The average Bonchev–Trinajstić information content (AvgIpc) is 3.48. The monoisotopic (exact) mass is 601 g/mol. The second-order valence-corrected chi connectivity index (χ2v) is 12.1. The summed E-state index contributed by atoms with van der Waals surface area (Å²) in [5.41, 5.74) is 3.04. The van der Waals surface area contributed by atoms with E-state index < -0.39 is 15.8 Å². The summed E-state index contributed by atoms with van der Waals surface area (Å²) in [5.74, 6) is -0.890. The van der Waals surface area contributed by atoms with Gasteiger partial charge in [0, 0.05) is 28.4 Å². The summed E-state index contributed by atoms with van der Waals surface area (Å²) < 4.78 is 41.5. The van der Waals surface area contributed by atoms with Gasteiger partial charge in [0.2, 0.25) is 5.91 Å². The van der Waals surface area contributed by atoms with E-state index in [0.717, 1.165) is 28.7 Å². The molecule has 2 aromatic heterocycles. The molecule has 0 spiro atoms. The lowest BCUT2D eigenvalue weighted by molar-refractivity contribution is -0.113. The zero-order valence-corrected chi connectivity index (χ0v) is 23.6. The van der Waals surface area contributed by atoms with Crippen LogP contribution < -0.4 is 10.0 Å². The lowest BCUT2D eigenvalue weighted by Crippen LogP contribution is -2.15. The van der Waals surface area contributed by atoms with E-state index in [1.54, 1.807) is 23.6 Å². The molecule has 0 unspecified atom stereocenters.